The summed E-state index contributed by atoms with van der Waals surface area (Å²) in [6.07, 6.45) is 1.22. The summed E-state index contributed by atoms with van der Waals surface area (Å²) in [6, 6.07) is 1.40. The molecule has 3 nitrogen and oxygen atoms in total. The van der Waals surface area contributed by atoms with Crippen LogP contribution in [-0.4, -0.2) is 62.2 Å². The van der Waals surface area contributed by atoms with Crippen LogP contribution in [0.5, 0.6) is 0 Å². The fourth-order valence-electron chi connectivity index (χ4n) is 3.14. The largest absolute Gasteiger partial charge is 0.315 e. The van der Waals surface area contributed by atoms with Crippen molar-refractivity contribution >= 4 is 0 Å². The second-order valence-electron chi connectivity index (χ2n) is 6.48. The molecule has 3 unspecified atom stereocenters. The Kier molecular flexibility index (Phi) is 6.61. The fraction of sp³-hybridized carbons (Fsp3) is 1.00. The molecule has 0 aromatic carbocycles. The molecule has 0 amide bonds. The minimum absolute atomic E-state index is 0.684. The minimum atomic E-state index is 0.684. The SMILES string of the molecule is CCCNCC(C(C)C)N1CC(C)C(N(C)C)C1. The van der Waals surface area contributed by atoms with Crippen molar-refractivity contribution in [2.75, 3.05) is 40.3 Å². The van der Waals surface area contributed by atoms with Crippen molar-refractivity contribution in [3.05, 3.63) is 0 Å². The number of likely N-dealkylation sites (N-methyl/N-ethyl adjacent to an activating group) is 1. The molecular weight excluding hydrogens is 222 g/mol. The van der Waals surface area contributed by atoms with Gasteiger partial charge in [-0.1, -0.05) is 27.7 Å². The van der Waals surface area contributed by atoms with Crippen LogP contribution in [0.25, 0.3) is 0 Å². The monoisotopic (exact) mass is 255 g/mol. The molecule has 1 rings (SSSR count). The smallest absolute Gasteiger partial charge is 0.0254 e. The molecule has 0 aliphatic carbocycles. The highest BCUT2D eigenvalue weighted by atomic mass is 15.3. The molecule has 1 N–H and O–H groups in total. The van der Waals surface area contributed by atoms with Crippen LogP contribution in [0.4, 0.5) is 0 Å². The Hall–Kier alpha value is -0.120. The zero-order valence-corrected chi connectivity index (χ0v) is 13.2. The third-order valence-electron chi connectivity index (χ3n) is 4.28. The molecule has 0 aromatic heterocycles. The Bertz CT molecular complexity index is 228. The summed E-state index contributed by atoms with van der Waals surface area (Å²) < 4.78 is 0. The van der Waals surface area contributed by atoms with Gasteiger partial charge >= 0.3 is 0 Å². The standard InChI is InChI=1S/C15H33N3/c1-7-8-16-9-14(12(2)3)18-10-13(4)15(11-18)17(5)6/h12-16H,7-11H2,1-6H3. The fourth-order valence-corrected chi connectivity index (χ4v) is 3.14. The van der Waals surface area contributed by atoms with E-state index in [4.69, 9.17) is 0 Å². The van der Waals surface area contributed by atoms with Crippen LogP contribution in [0.1, 0.15) is 34.1 Å². The summed E-state index contributed by atoms with van der Waals surface area (Å²) in [5.41, 5.74) is 0. The summed E-state index contributed by atoms with van der Waals surface area (Å²) in [5.74, 6) is 1.51. The lowest BCUT2D eigenvalue weighted by molar-refractivity contribution is 0.171. The van der Waals surface area contributed by atoms with Gasteiger partial charge in [0.25, 0.3) is 0 Å². The molecule has 1 saturated heterocycles. The third kappa shape index (κ3) is 4.22. The average Bonchev–Trinajstić information content (AvgIpc) is 2.66. The first kappa shape index (κ1) is 15.9. The first-order chi connectivity index (χ1) is 8.47. The van der Waals surface area contributed by atoms with Crippen LogP contribution in [0.2, 0.25) is 0 Å². The van der Waals surface area contributed by atoms with E-state index in [0.717, 1.165) is 31.0 Å². The van der Waals surface area contributed by atoms with E-state index in [2.05, 4.69) is 56.9 Å². The van der Waals surface area contributed by atoms with E-state index in [1.165, 1.54) is 19.5 Å². The summed E-state index contributed by atoms with van der Waals surface area (Å²) in [7, 11) is 4.43. The Morgan fingerprint density at radius 2 is 1.94 bits per heavy atom. The molecule has 108 valence electrons. The van der Waals surface area contributed by atoms with Gasteiger partial charge in [-0.3, -0.25) is 4.90 Å². The number of hydrogen-bond acceptors (Lipinski definition) is 3. The maximum atomic E-state index is 3.60. The third-order valence-corrected chi connectivity index (χ3v) is 4.28. The summed E-state index contributed by atoms with van der Waals surface area (Å²) in [6.45, 7) is 14.1. The Morgan fingerprint density at radius 3 is 2.39 bits per heavy atom. The van der Waals surface area contributed by atoms with Crippen LogP contribution in [0, 0.1) is 11.8 Å². The highest BCUT2D eigenvalue weighted by Crippen LogP contribution is 2.24. The van der Waals surface area contributed by atoms with Gasteiger partial charge in [0, 0.05) is 31.7 Å². The van der Waals surface area contributed by atoms with Gasteiger partial charge in [0.1, 0.15) is 0 Å². The molecule has 3 heteroatoms. The Balaban J connectivity index is 2.54. The normalized spacial score (nSPS) is 27.3. The zero-order valence-electron chi connectivity index (χ0n) is 13.2. The quantitative estimate of drug-likeness (QED) is 0.701. The van der Waals surface area contributed by atoms with Crippen molar-refractivity contribution in [1.29, 1.82) is 0 Å². The molecule has 1 heterocycles. The number of nitrogens with zero attached hydrogens (tertiary/aromatic N) is 2. The van der Waals surface area contributed by atoms with Crippen LogP contribution >= 0.6 is 0 Å². The molecule has 0 bridgehead atoms. The number of hydrogen-bond donors (Lipinski definition) is 1. The van der Waals surface area contributed by atoms with Crippen LogP contribution in [-0.2, 0) is 0 Å². The minimum Gasteiger partial charge on any atom is -0.315 e. The molecule has 0 aromatic rings. The van der Waals surface area contributed by atoms with Crippen LogP contribution in [0.15, 0.2) is 0 Å². The van der Waals surface area contributed by atoms with Crippen molar-refractivity contribution in [2.45, 2.75) is 46.2 Å². The van der Waals surface area contributed by atoms with E-state index in [1.54, 1.807) is 0 Å². The lowest BCUT2D eigenvalue weighted by Gasteiger charge is -2.32. The Morgan fingerprint density at radius 1 is 1.28 bits per heavy atom. The highest BCUT2D eigenvalue weighted by molar-refractivity contribution is 4.91. The van der Waals surface area contributed by atoms with Crippen molar-refractivity contribution in [2.24, 2.45) is 11.8 Å². The average molecular weight is 255 g/mol. The highest BCUT2D eigenvalue weighted by Gasteiger charge is 2.35. The molecular formula is C15H33N3. The maximum Gasteiger partial charge on any atom is 0.0254 e. The van der Waals surface area contributed by atoms with Gasteiger partial charge < -0.3 is 10.2 Å². The molecule has 3 atom stereocenters. The zero-order chi connectivity index (χ0) is 13.7. The summed E-state index contributed by atoms with van der Waals surface area (Å²) in [4.78, 5) is 5.09. The van der Waals surface area contributed by atoms with E-state index in [-0.39, 0.29) is 0 Å². The van der Waals surface area contributed by atoms with E-state index < -0.39 is 0 Å². The maximum absolute atomic E-state index is 3.60. The van der Waals surface area contributed by atoms with E-state index in [1.807, 2.05) is 0 Å². The van der Waals surface area contributed by atoms with Gasteiger partial charge in [-0.05, 0) is 38.9 Å². The first-order valence-electron chi connectivity index (χ1n) is 7.58. The van der Waals surface area contributed by atoms with Gasteiger partial charge in [0.05, 0.1) is 0 Å². The Labute approximate surface area is 114 Å². The van der Waals surface area contributed by atoms with Gasteiger partial charge in [0.15, 0.2) is 0 Å². The van der Waals surface area contributed by atoms with E-state index in [0.29, 0.717) is 6.04 Å². The van der Waals surface area contributed by atoms with Gasteiger partial charge in [0.2, 0.25) is 0 Å². The van der Waals surface area contributed by atoms with Gasteiger partial charge in [-0.15, -0.1) is 0 Å². The lowest BCUT2D eigenvalue weighted by atomic mass is 10.0. The molecule has 1 aliphatic rings. The van der Waals surface area contributed by atoms with Crippen molar-refractivity contribution in [1.82, 2.24) is 15.1 Å². The first-order valence-corrected chi connectivity index (χ1v) is 7.58. The van der Waals surface area contributed by atoms with Crippen molar-refractivity contribution in [3.8, 4) is 0 Å². The number of likely N-dealkylation sites (tertiary alicyclic amines) is 1. The summed E-state index contributed by atoms with van der Waals surface area (Å²) in [5, 5.41) is 3.60. The second kappa shape index (κ2) is 7.46. The van der Waals surface area contributed by atoms with Gasteiger partial charge in [-0.25, -0.2) is 0 Å². The van der Waals surface area contributed by atoms with E-state index in [9.17, 15) is 0 Å². The van der Waals surface area contributed by atoms with E-state index >= 15 is 0 Å². The predicted octanol–water partition coefficient (Wildman–Crippen LogP) is 1.89. The molecule has 1 aliphatic heterocycles. The topological polar surface area (TPSA) is 18.5 Å². The lowest BCUT2D eigenvalue weighted by Crippen LogP contribution is -2.45. The van der Waals surface area contributed by atoms with Gasteiger partial charge in [-0.2, -0.15) is 0 Å². The second-order valence-corrected chi connectivity index (χ2v) is 6.48. The molecule has 0 saturated carbocycles. The molecule has 18 heavy (non-hydrogen) atoms. The van der Waals surface area contributed by atoms with Crippen molar-refractivity contribution < 1.29 is 0 Å². The molecule has 1 fully saturated rings. The van der Waals surface area contributed by atoms with Crippen molar-refractivity contribution in [3.63, 3.8) is 0 Å². The summed E-state index contributed by atoms with van der Waals surface area (Å²) >= 11 is 0. The number of rotatable bonds is 7. The molecule has 0 radical (unpaired) electrons. The predicted molar refractivity (Wildman–Crippen MR) is 80.0 cm³/mol. The van der Waals surface area contributed by atoms with Crippen LogP contribution in [0.3, 0.4) is 0 Å². The van der Waals surface area contributed by atoms with Crippen LogP contribution < -0.4 is 5.32 Å². The number of nitrogens with one attached hydrogen (secondary N) is 1. The molecule has 0 spiro atoms.